The quantitative estimate of drug-likeness (QED) is 0.877. The van der Waals surface area contributed by atoms with Crippen LogP contribution in [0, 0.1) is 11.8 Å². The lowest BCUT2D eigenvalue weighted by molar-refractivity contribution is 0.175. The minimum Gasteiger partial charge on any atom is -0.396 e. The first-order valence-corrected chi connectivity index (χ1v) is 7.79. The maximum absolute atomic E-state index is 9.64. The normalized spacial score (nSPS) is 28.2. The van der Waals surface area contributed by atoms with Gasteiger partial charge in [0.2, 0.25) is 0 Å². The molecule has 2 saturated heterocycles. The Kier molecular flexibility index (Phi) is 4.65. The van der Waals surface area contributed by atoms with Crippen molar-refractivity contribution in [3.8, 4) is 0 Å². The summed E-state index contributed by atoms with van der Waals surface area (Å²) in [4.78, 5) is 9.13. The van der Waals surface area contributed by atoms with Crippen molar-refractivity contribution in [2.24, 2.45) is 11.8 Å². The van der Waals surface area contributed by atoms with E-state index < -0.39 is 0 Å². The highest BCUT2D eigenvalue weighted by molar-refractivity contribution is 5.10. The first-order chi connectivity index (χ1) is 9.85. The Hall–Kier alpha value is -0.970. The molecular weight excluding hydrogens is 250 g/mol. The molecule has 2 aliphatic heterocycles. The van der Waals surface area contributed by atoms with Crippen molar-refractivity contribution >= 4 is 0 Å². The van der Waals surface area contributed by atoms with Crippen molar-refractivity contribution in [3.05, 3.63) is 30.1 Å². The van der Waals surface area contributed by atoms with Crippen molar-refractivity contribution in [2.45, 2.75) is 19.4 Å². The number of nitrogens with zero attached hydrogens (tertiary/aromatic N) is 3. The van der Waals surface area contributed by atoms with Gasteiger partial charge in [0.15, 0.2) is 0 Å². The molecule has 1 aromatic heterocycles. The summed E-state index contributed by atoms with van der Waals surface area (Å²) in [5, 5.41) is 9.64. The van der Waals surface area contributed by atoms with E-state index in [-0.39, 0.29) is 0 Å². The van der Waals surface area contributed by atoms with Gasteiger partial charge >= 0.3 is 0 Å². The van der Waals surface area contributed by atoms with Crippen LogP contribution < -0.4 is 0 Å². The van der Waals surface area contributed by atoms with Gasteiger partial charge in [-0.15, -0.1) is 0 Å². The van der Waals surface area contributed by atoms with E-state index in [1.807, 2.05) is 12.4 Å². The van der Waals surface area contributed by atoms with E-state index in [2.05, 4.69) is 26.9 Å². The highest BCUT2D eigenvalue weighted by Gasteiger charge is 2.33. The molecule has 3 rings (SSSR count). The summed E-state index contributed by atoms with van der Waals surface area (Å²) in [5.74, 6) is 1.07. The second-order valence-corrected chi connectivity index (χ2v) is 6.26. The van der Waals surface area contributed by atoms with E-state index in [9.17, 15) is 5.11 Å². The van der Waals surface area contributed by atoms with Gasteiger partial charge in [-0.2, -0.15) is 0 Å². The fraction of sp³-hybridized carbons (Fsp3) is 0.688. The smallest absolute Gasteiger partial charge is 0.0475 e. The van der Waals surface area contributed by atoms with E-state index >= 15 is 0 Å². The highest BCUT2D eigenvalue weighted by Crippen LogP contribution is 2.26. The van der Waals surface area contributed by atoms with Crippen LogP contribution in [0.2, 0.25) is 0 Å². The predicted octanol–water partition coefficient (Wildman–Crippen LogP) is 1.22. The molecule has 0 bridgehead atoms. The SMILES string of the molecule is OC[C@@H]1CN(Cc2ccncc2)C[C@@H]1CN1CCCC1. The van der Waals surface area contributed by atoms with Crippen LogP contribution in [0.1, 0.15) is 18.4 Å². The van der Waals surface area contributed by atoms with E-state index in [4.69, 9.17) is 0 Å². The van der Waals surface area contributed by atoms with Gasteiger partial charge in [0.25, 0.3) is 0 Å². The van der Waals surface area contributed by atoms with E-state index in [0.29, 0.717) is 18.4 Å². The molecule has 0 radical (unpaired) electrons. The molecule has 1 N–H and O–H groups in total. The number of hydrogen-bond donors (Lipinski definition) is 1. The molecule has 1 aromatic rings. The third kappa shape index (κ3) is 3.37. The molecule has 20 heavy (non-hydrogen) atoms. The lowest BCUT2D eigenvalue weighted by Gasteiger charge is -2.23. The van der Waals surface area contributed by atoms with E-state index in [0.717, 1.165) is 26.2 Å². The summed E-state index contributed by atoms with van der Waals surface area (Å²) < 4.78 is 0. The molecule has 0 unspecified atom stereocenters. The van der Waals surface area contributed by atoms with Gasteiger partial charge in [-0.1, -0.05) is 0 Å². The summed E-state index contributed by atoms with van der Waals surface area (Å²) in [5.41, 5.74) is 1.32. The van der Waals surface area contributed by atoms with Gasteiger partial charge in [-0.05, 0) is 55.5 Å². The summed E-state index contributed by atoms with van der Waals surface area (Å²) in [6.07, 6.45) is 6.40. The average molecular weight is 275 g/mol. The number of aromatic nitrogens is 1. The lowest BCUT2D eigenvalue weighted by atomic mass is 9.96. The van der Waals surface area contributed by atoms with Gasteiger partial charge < -0.3 is 10.0 Å². The molecule has 4 heteroatoms. The topological polar surface area (TPSA) is 39.6 Å². The average Bonchev–Trinajstić information content (AvgIpc) is 3.10. The number of pyridine rings is 1. The zero-order valence-corrected chi connectivity index (χ0v) is 12.1. The highest BCUT2D eigenvalue weighted by atomic mass is 16.3. The predicted molar refractivity (Wildman–Crippen MR) is 79.3 cm³/mol. The lowest BCUT2D eigenvalue weighted by Crippen LogP contribution is -2.31. The van der Waals surface area contributed by atoms with E-state index in [1.54, 1.807) is 0 Å². The Morgan fingerprint density at radius 1 is 1.05 bits per heavy atom. The Bertz CT molecular complexity index is 405. The van der Waals surface area contributed by atoms with Crippen LogP contribution in [-0.2, 0) is 6.54 Å². The van der Waals surface area contributed by atoms with E-state index in [1.165, 1.54) is 31.5 Å². The van der Waals surface area contributed by atoms with Crippen LogP contribution in [0.25, 0.3) is 0 Å². The van der Waals surface area contributed by atoms with Crippen LogP contribution in [0.4, 0.5) is 0 Å². The van der Waals surface area contributed by atoms with Crippen molar-refractivity contribution in [1.29, 1.82) is 0 Å². The molecule has 0 aliphatic carbocycles. The summed E-state index contributed by atoms with van der Waals surface area (Å²) in [6, 6.07) is 4.17. The van der Waals surface area contributed by atoms with Crippen LogP contribution in [0.3, 0.4) is 0 Å². The third-order valence-corrected chi connectivity index (χ3v) is 4.73. The Balaban J connectivity index is 1.56. The molecule has 2 atom stereocenters. The maximum atomic E-state index is 9.64. The molecule has 2 fully saturated rings. The molecule has 0 aromatic carbocycles. The molecular formula is C16H25N3O. The van der Waals surface area contributed by atoms with Crippen LogP contribution in [0.5, 0.6) is 0 Å². The molecule has 4 nitrogen and oxygen atoms in total. The molecule has 110 valence electrons. The molecule has 3 heterocycles. The van der Waals surface area contributed by atoms with Crippen molar-refractivity contribution < 1.29 is 5.11 Å². The fourth-order valence-electron chi connectivity index (χ4n) is 3.62. The monoisotopic (exact) mass is 275 g/mol. The number of aliphatic hydroxyl groups excluding tert-OH is 1. The minimum absolute atomic E-state index is 0.325. The summed E-state index contributed by atoms with van der Waals surface area (Å²) in [7, 11) is 0. The van der Waals surface area contributed by atoms with Gasteiger partial charge in [-0.25, -0.2) is 0 Å². The first-order valence-electron chi connectivity index (χ1n) is 7.79. The number of rotatable bonds is 5. The van der Waals surface area contributed by atoms with Gasteiger partial charge in [-0.3, -0.25) is 9.88 Å². The van der Waals surface area contributed by atoms with Crippen LogP contribution in [-0.4, -0.2) is 59.2 Å². The Labute approximate surface area is 121 Å². The minimum atomic E-state index is 0.325. The molecule has 2 aliphatic rings. The summed E-state index contributed by atoms with van der Waals surface area (Å²) >= 11 is 0. The standard InChI is InChI=1S/C16H25N3O/c20-13-16-12-19(9-14-3-5-17-6-4-14)11-15(16)10-18-7-1-2-8-18/h3-6,15-16,20H,1-2,7-13H2/t15-,16-/m0/s1. The zero-order chi connectivity index (χ0) is 13.8. The van der Waals surface area contributed by atoms with Crippen molar-refractivity contribution in [3.63, 3.8) is 0 Å². The second kappa shape index (κ2) is 6.66. The largest absolute Gasteiger partial charge is 0.396 e. The Morgan fingerprint density at radius 3 is 2.45 bits per heavy atom. The van der Waals surface area contributed by atoms with Gasteiger partial charge in [0.05, 0.1) is 0 Å². The first kappa shape index (κ1) is 14.0. The zero-order valence-electron chi connectivity index (χ0n) is 12.1. The summed E-state index contributed by atoms with van der Waals surface area (Å²) in [6.45, 7) is 7.11. The molecule has 0 amide bonds. The van der Waals surface area contributed by atoms with Crippen LogP contribution in [0.15, 0.2) is 24.5 Å². The number of hydrogen-bond acceptors (Lipinski definition) is 4. The van der Waals surface area contributed by atoms with Crippen LogP contribution >= 0.6 is 0 Å². The molecule has 0 saturated carbocycles. The third-order valence-electron chi connectivity index (χ3n) is 4.73. The Morgan fingerprint density at radius 2 is 1.75 bits per heavy atom. The van der Waals surface area contributed by atoms with Gasteiger partial charge in [0.1, 0.15) is 0 Å². The second-order valence-electron chi connectivity index (χ2n) is 6.26. The maximum Gasteiger partial charge on any atom is 0.0475 e. The number of likely N-dealkylation sites (tertiary alicyclic amines) is 2. The fourth-order valence-corrected chi connectivity index (χ4v) is 3.62. The van der Waals surface area contributed by atoms with Crippen molar-refractivity contribution in [1.82, 2.24) is 14.8 Å². The molecule has 0 spiro atoms. The van der Waals surface area contributed by atoms with Crippen molar-refractivity contribution in [2.75, 3.05) is 39.3 Å². The van der Waals surface area contributed by atoms with Gasteiger partial charge in [0, 0.05) is 45.2 Å². The number of aliphatic hydroxyl groups is 1.